The molecule has 1 saturated heterocycles. The van der Waals surface area contributed by atoms with E-state index < -0.39 is 54.5 Å². The molecule has 1 aliphatic heterocycles. The third kappa shape index (κ3) is 7.82. The van der Waals surface area contributed by atoms with Crippen LogP contribution in [0, 0.1) is 0 Å². The first-order chi connectivity index (χ1) is 17.1. The lowest BCUT2D eigenvalue weighted by molar-refractivity contribution is -0.140. The molecule has 1 fully saturated rings. The van der Waals surface area contributed by atoms with Crippen LogP contribution in [-0.2, 0) is 27.3 Å². The Morgan fingerprint density at radius 2 is 1.67 bits per heavy atom. The number of nitrogens with one attached hydrogen (secondary N) is 3. The van der Waals surface area contributed by atoms with Gasteiger partial charge in [0.1, 0.15) is 12.1 Å². The maximum Gasteiger partial charge on any atom is 0.318 e. The zero-order valence-electron chi connectivity index (χ0n) is 19.9. The summed E-state index contributed by atoms with van der Waals surface area (Å²) in [6.45, 7) is 1.20. The Balaban J connectivity index is 1.61. The molecule has 0 bridgehead atoms. The molecule has 192 valence electrons. The highest BCUT2D eigenvalue weighted by atomic mass is 19.3. The third-order valence-electron chi connectivity index (χ3n) is 5.81. The molecule has 0 aliphatic carbocycles. The number of hydrogen-bond donors (Lipinski definition) is 3. The Hall–Kier alpha value is -3.89. The van der Waals surface area contributed by atoms with Crippen molar-refractivity contribution in [3.05, 3.63) is 66.0 Å². The van der Waals surface area contributed by atoms with Crippen molar-refractivity contribution < 1.29 is 28.0 Å². The number of amides is 4. The molecule has 4 amide bonds. The Kier molecular flexibility index (Phi) is 9.04. The number of nitrogens with zero attached hydrogens (tertiary/aromatic N) is 2. The summed E-state index contributed by atoms with van der Waals surface area (Å²) in [5.41, 5.74) is 1.29. The quantitative estimate of drug-likeness (QED) is 0.453. The lowest BCUT2D eigenvalue weighted by Gasteiger charge is -2.32. The van der Waals surface area contributed by atoms with E-state index >= 15 is 0 Å². The smallest absolute Gasteiger partial charge is 0.318 e. The van der Waals surface area contributed by atoms with Gasteiger partial charge in [0.2, 0.25) is 11.7 Å². The van der Waals surface area contributed by atoms with Crippen LogP contribution in [0.2, 0.25) is 0 Å². The number of alkyl halides is 2. The average molecular weight is 502 g/mol. The minimum Gasteiger partial charge on any atom is -0.344 e. The molecule has 3 N–H and O–H groups in total. The second-order valence-corrected chi connectivity index (χ2v) is 8.63. The van der Waals surface area contributed by atoms with Crippen LogP contribution in [0.25, 0.3) is 0 Å². The molecule has 1 aliphatic rings. The van der Waals surface area contributed by atoms with E-state index in [9.17, 15) is 28.0 Å². The summed E-state index contributed by atoms with van der Waals surface area (Å²) in [5.74, 6) is -5.22. The van der Waals surface area contributed by atoms with E-state index in [0.29, 0.717) is 5.69 Å². The van der Waals surface area contributed by atoms with Gasteiger partial charge in [-0.25, -0.2) is 13.6 Å². The van der Waals surface area contributed by atoms with Gasteiger partial charge in [-0.05, 0) is 24.6 Å². The highest BCUT2D eigenvalue weighted by Gasteiger charge is 2.36. The molecule has 11 heteroatoms. The van der Waals surface area contributed by atoms with Crippen molar-refractivity contribution in [1.29, 1.82) is 0 Å². The molecule has 0 spiro atoms. The first-order valence-electron chi connectivity index (χ1n) is 11.6. The average Bonchev–Trinajstić information content (AvgIpc) is 2.87. The van der Waals surface area contributed by atoms with Crippen molar-refractivity contribution in [3.63, 3.8) is 0 Å². The molecule has 0 radical (unpaired) electrons. The van der Waals surface area contributed by atoms with E-state index in [0.717, 1.165) is 5.56 Å². The molecular formula is C25H29F2N5O4. The van der Waals surface area contributed by atoms with Crippen molar-refractivity contribution in [2.75, 3.05) is 13.1 Å². The summed E-state index contributed by atoms with van der Waals surface area (Å²) in [6, 6.07) is 11.1. The summed E-state index contributed by atoms with van der Waals surface area (Å²) in [4.78, 5) is 56.0. The molecule has 1 aromatic carbocycles. The van der Waals surface area contributed by atoms with Gasteiger partial charge in [-0.3, -0.25) is 19.4 Å². The van der Waals surface area contributed by atoms with Crippen LogP contribution in [0.15, 0.2) is 54.7 Å². The molecule has 0 unspecified atom stereocenters. The Bertz CT molecular complexity index is 1060. The van der Waals surface area contributed by atoms with Gasteiger partial charge in [0.05, 0.1) is 12.2 Å². The number of piperidine rings is 1. The Labute approximate surface area is 207 Å². The van der Waals surface area contributed by atoms with Crippen LogP contribution in [0.1, 0.15) is 31.0 Å². The van der Waals surface area contributed by atoms with Gasteiger partial charge in [-0.2, -0.15) is 0 Å². The normalized spacial score (nSPS) is 16.4. The zero-order valence-corrected chi connectivity index (χ0v) is 19.9. The van der Waals surface area contributed by atoms with Gasteiger partial charge in [0, 0.05) is 38.5 Å². The van der Waals surface area contributed by atoms with Gasteiger partial charge in [0.25, 0.3) is 11.8 Å². The predicted molar refractivity (Wildman–Crippen MR) is 127 cm³/mol. The van der Waals surface area contributed by atoms with Crippen molar-refractivity contribution in [3.8, 4) is 0 Å². The largest absolute Gasteiger partial charge is 0.344 e. The third-order valence-corrected chi connectivity index (χ3v) is 5.81. The molecule has 2 aromatic rings. The Morgan fingerprint density at radius 1 is 1.00 bits per heavy atom. The van der Waals surface area contributed by atoms with Gasteiger partial charge in [-0.15, -0.1) is 0 Å². The van der Waals surface area contributed by atoms with Crippen molar-refractivity contribution in [2.45, 2.75) is 50.7 Å². The van der Waals surface area contributed by atoms with Gasteiger partial charge < -0.3 is 20.9 Å². The van der Waals surface area contributed by atoms with E-state index in [-0.39, 0.29) is 26.1 Å². The fraction of sp³-hybridized carbons (Fsp3) is 0.400. The molecule has 0 saturated carbocycles. The van der Waals surface area contributed by atoms with Crippen LogP contribution in [0.5, 0.6) is 0 Å². The maximum absolute atomic E-state index is 13.4. The number of urea groups is 1. The van der Waals surface area contributed by atoms with E-state index in [1.54, 1.807) is 54.7 Å². The number of carbonyl (C=O) groups is 4. The number of ketones is 1. The minimum atomic E-state index is -2.80. The van der Waals surface area contributed by atoms with Crippen molar-refractivity contribution in [1.82, 2.24) is 25.8 Å². The van der Waals surface area contributed by atoms with Crippen LogP contribution in [-0.4, -0.2) is 64.6 Å². The van der Waals surface area contributed by atoms with E-state index in [1.165, 1.54) is 11.8 Å². The second kappa shape index (κ2) is 12.2. The molecular weight excluding hydrogens is 472 g/mol. The summed E-state index contributed by atoms with van der Waals surface area (Å²) in [7, 11) is 0. The van der Waals surface area contributed by atoms with Crippen LogP contribution in [0.3, 0.4) is 0 Å². The number of Topliss-reactive ketones (excluding diaryl/α,β-unsaturated/α-hetero) is 1. The molecule has 2 atom stereocenters. The monoisotopic (exact) mass is 501 g/mol. The van der Waals surface area contributed by atoms with Crippen LogP contribution >= 0.6 is 0 Å². The standard InChI is InChI=1S/C25H29F2N5O4/c1-17(30-24(36)32-13-10-25(26,27)11-14-32)22(34)31-20(15-18-7-3-2-4-8-18)21(33)23(35)29-16-19-9-5-6-12-28-19/h2-9,12,17,20H,10-11,13-16H2,1H3,(H,29,35)(H,30,36)(H,31,34)/t17-,20-/m1/s1. The summed E-state index contributed by atoms with van der Waals surface area (Å²) in [5, 5.41) is 7.53. The van der Waals surface area contributed by atoms with Crippen molar-refractivity contribution >= 4 is 23.6 Å². The Morgan fingerprint density at radius 3 is 2.31 bits per heavy atom. The number of carbonyl (C=O) groups excluding carboxylic acids is 4. The first kappa shape index (κ1) is 26.7. The van der Waals surface area contributed by atoms with E-state index in [1.807, 2.05) is 0 Å². The minimum absolute atomic E-state index is 0.0404. The molecule has 9 nitrogen and oxygen atoms in total. The lowest BCUT2D eigenvalue weighted by Crippen LogP contribution is -2.56. The van der Waals surface area contributed by atoms with E-state index in [4.69, 9.17) is 0 Å². The number of halogens is 2. The zero-order chi connectivity index (χ0) is 26.1. The van der Waals surface area contributed by atoms with Crippen LogP contribution in [0.4, 0.5) is 13.6 Å². The molecule has 1 aromatic heterocycles. The van der Waals surface area contributed by atoms with E-state index in [2.05, 4.69) is 20.9 Å². The summed E-state index contributed by atoms with van der Waals surface area (Å²) >= 11 is 0. The number of likely N-dealkylation sites (tertiary alicyclic amines) is 1. The first-order valence-corrected chi connectivity index (χ1v) is 11.6. The number of rotatable bonds is 9. The molecule has 2 heterocycles. The van der Waals surface area contributed by atoms with Crippen LogP contribution < -0.4 is 16.0 Å². The predicted octanol–water partition coefficient (Wildman–Crippen LogP) is 1.82. The number of aromatic nitrogens is 1. The van der Waals surface area contributed by atoms with Crippen molar-refractivity contribution in [2.24, 2.45) is 0 Å². The summed E-state index contributed by atoms with van der Waals surface area (Å²) < 4.78 is 26.7. The number of hydrogen-bond acceptors (Lipinski definition) is 5. The fourth-order valence-electron chi connectivity index (χ4n) is 3.65. The molecule has 3 rings (SSSR count). The van der Waals surface area contributed by atoms with Gasteiger partial charge >= 0.3 is 6.03 Å². The highest BCUT2D eigenvalue weighted by Crippen LogP contribution is 2.27. The maximum atomic E-state index is 13.4. The number of pyridine rings is 1. The van der Waals surface area contributed by atoms with Gasteiger partial charge in [-0.1, -0.05) is 36.4 Å². The molecule has 36 heavy (non-hydrogen) atoms. The SMILES string of the molecule is C[C@@H](NC(=O)N1CCC(F)(F)CC1)C(=O)N[C@H](Cc1ccccc1)C(=O)C(=O)NCc1ccccn1. The van der Waals surface area contributed by atoms with Gasteiger partial charge in [0.15, 0.2) is 0 Å². The lowest BCUT2D eigenvalue weighted by atomic mass is 10.0. The topological polar surface area (TPSA) is 121 Å². The summed E-state index contributed by atoms with van der Waals surface area (Å²) in [6.07, 6.45) is 0.738. The highest BCUT2D eigenvalue weighted by molar-refractivity contribution is 6.38. The number of benzene rings is 1. The fourth-order valence-corrected chi connectivity index (χ4v) is 3.65. The second-order valence-electron chi connectivity index (χ2n) is 8.63.